The lowest BCUT2D eigenvalue weighted by Crippen LogP contribution is -2.42. The Morgan fingerprint density at radius 3 is 2.60 bits per heavy atom. The third-order valence-electron chi connectivity index (χ3n) is 5.47. The molecule has 2 aromatic rings. The Hall–Kier alpha value is -3.56. The highest BCUT2D eigenvalue weighted by molar-refractivity contribution is 6.10. The molecule has 1 aromatic carbocycles. The van der Waals surface area contributed by atoms with Crippen molar-refractivity contribution in [1.29, 1.82) is 0 Å². The van der Waals surface area contributed by atoms with Gasteiger partial charge < -0.3 is 20.1 Å². The van der Waals surface area contributed by atoms with Crippen LogP contribution in [0, 0.1) is 13.8 Å². The normalized spacial score (nSPS) is 20.3. The van der Waals surface area contributed by atoms with Gasteiger partial charge in [0.15, 0.2) is 11.5 Å². The van der Waals surface area contributed by atoms with Crippen LogP contribution in [0.4, 0.5) is 10.5 Å². The average Bonchev–Trinajstić information content (AvgIpc) is 3.09. The number of carbonyl (C=O) groups is 3. The van der Waals surface area contributed by atoms with Crippen molar-refractivity contribution in [2.45, 2.75) is 26.3 Å². The number of aryl methyl sites for hydroxylation is 2. The summed E-state index contributed by atoms with van der Waals surface area (Å²) in [5.41, 5.74) is 1.24. The first kappa shape index (κ1) is 19.7. The fourth-order valence-corrected chi connectivity index (χ4v) is 3.67. The number of ether oxygens (including phenoxy) is 2. The van der Waals surface area contributed by atoms with Crippen LogP contribution in [0.3, 0.4) is 0 Å². The van der Waals surface area contributed by atoms with Crippen LogP contribution in [0.5, 0.6) is 11.5 Å². The minimum Gasteiger partial charge on any atom is -0.486 e. The van der Waals surface area contributed by atoms with Crippen molar-refractivity contribution in [3.05, 3.63) is 35.2 Å². The molecule has 158 valence electrons. The number of anilines is 1. The van der Waals surface area contributed by atoms with Gasteiger partial charge in [-0.15, -0.1) is 0 Å². The van der Waals surface area contributed by atoms with E-state index in [1.165, 1.54) is 0 Å². The number of nitrogens with zero attached hydrogens (tertiary/aromatic N) is 3. The number of hydrogen-bond donors (Lipinski definition) is 2. The molecule has 0 unspecified atom stereocenters. The van der Waals surface area contributed by atoms with Crippen molar-refractivity contribution in [1.82, 2.24) is 20.0 Å². The number of imide groups is 1. The number of hydrogen-bond acceptors (Lipinski definition) is 6. The van der Waals surface area contributed by atoms with Gasteiger partial charge in [-0.05, 0) is 38.5 Å². The van der Waals surface area contributed by atoms with E-state index in [0.29, 0.717) is 41.7 Å². The molecule has 1 saturated heterocycles. The number of aromatic nitrogens is 2. The molecule has 2 aliphatic rings. The zero-order valence-corrected chi connectivity index (χ0v) is 17.2. The molecule has 0 radical (unpaired) electrons. The molecule has 4 rings (SSSR count). The average molecular weight is 413 g/mol. The highest BCUT2D eigenvalue weighted by Crippen LogP contribution is 2.36. The lowest BCUT2D eigenvalue weighted by molar-refractivity contribution is -0.133. The van der Waals surface area contributed by atoms with Crippen LogP contribution in [-0.2, 0) is 22.2 Å². The first-order chi connectivity index (χ1) is 14.2. The lowest BCUT2D eigenvalue weighted by atomic mass is 9.91. The standard InChI is InChI=1S/C20H23N5O5/c1-11-17(12(2)24(4)23-11)21-16(26)10-25-18(27)20(3,22-19(25)28)13-5-6-14-15(9-13)30-8-7-29-14/h5-6,9H,7-8,10H2,1-4H3,(H,21,26)(H,22,28)/t20-/m1/s1. The van der Waals surface area contributed by atoms with Gasteiger partial charge in [0.2, 0.25) is 5.91 Å². The molecule has 0 bridgehead atoms. The van der Waals surface area contributed by atoms with Gasteiger partial charge in [-0.1, -0.05) is 6.07 Å². The van der Waals surface area contributed by atoms with Gasteiger partial charge in [-0.25, -0.2) is 4.79 Å². The molecule has 0 saturated carbocycles. The summed E-state index contributed by atoms with van der Waals surface area (Å²) in [6.07, 6.45) is 0. The second kappa shape index (κ2) is 7.05. The molecule has 0 aliphatic carbocycles. The quantitative estimate of drug-likeness (QED) is 0.729. The van der Waals surface area contributed by atoms with E-state index in [-0.39, 0.29) is 0 Å². The Kier molecular flexibility index (Phi) is 4.64. The molecule has 30 heavy (non-hydrogen) atoms. The molecule has 10 nitrogen and oxygen atoms in total. The first-order valence-corrected chi connectivity index (χ1v) is 9.55. The van der Waals surface area contributed by atoms with Crippen LogP contribution in [0.2, 0.25) is 0 Å². The monoisotopic (exact) mass is 413 g/mol. The Labute approximate surface area is 173 Å². The number of benzene rings is 1. The van der Waals surface area contributed by atoms with Crippen molar-refractivity contribution in [3.63, 3.8) is 0 Å². The molecule has 1 fully saturated rings. The molecule has 10 heteroatoms. The summed E-state index contributed by atoms with van der Waals surface area (Å²) in [6, 6.07) is 4.46. The number of rotatable bonds is 4. The molecule has 3 heterocycles. The largest absolute Gasteiger partial charge is 0.486 e. The van der Waals surface area contributed by atoms with Crippen molar-refractivity contribution >= 4 is 23.5 Å². The first-order valence-electron chi connectivity index (χ1n) is 9.55. The molecule has 1 atom stereocenters. The van der Waals surface area contributed by atoms with Gasteiger partial charge in [0.25, 0.3) is 5.91 Å². The van der Waals surface area contributed by atoms with E-state index in [4.69, 9.17) is 9.47 Å². The summed E-state index contributed by atoms with van der Waals surface area (Å²) < 4.78 is 12.7. The molecular formula is C20H23N5O5. The second-order valence-electron chi connectivity index (χ2n) is 7.52. The van der Waals surface area contributed by atoms with E-state index in [1.807, 2.05) is 6.92 Å². The molecule has 4 amide bonds. The molecule has 1 aromatic heterocycles. The van der Waals surface area contributed by atoms with Crippen LogP contribution < -0.4 is 20.1 Å². The van der Waals surface area contributed by atoms with Gasteiger partial charge >= 0.3 is 6.03 Å². The third kappa shape index (κ3) is 3.14. The fraction of sp³-hybridized carbons (Fsp3) is 0.400. The fourth-order valence-electron chi connectivity index (χ4n) is 3.67. The highest BCUT2D eigenvalue weighted by atomic mass is 16.6. The maximum Gasteiger partial charge on any atom is 0.325 e. The van der Waals surface area contributed by atoms with Crippen LogP contribution in [0.1, 0.15) is 23.9 Å². The molecule has 0 spiro atoms. The van der Waals surface area contributed by atoms with E-state index >= 15 is 0 Å². The van der Waals surface area contributed by atoms with E-state index in [9.17, 15) is 14.4 Å². The van der Waals surface area contributed by atoms with Gasteiger partial charge in [-0.2, -0.15) is 5.10 Å². The van der Waals surface area contributed by atoms with E-state index < -0.39 is 29.9 Å². The number of nitrogens with one attached hydrogen (secondary N) is 2. The van der Waals surface area contributed by atoms with Gasteiger partial charge in [0, 0.05) is 7.05 Å². The van der Waals surface area contributed by atoms with E-state index in [2.05, 4.69) is 15.7 Å². The van der Waals surface area contributed by atoms with Crippen molar-refractivity contribution < 1.29 is 23.9 Å². The van der Waals surface area contributed by atoms with Crippen LogP contribution >= 0.6 is 0 Å². The van der Waals surface area contributed by atoms with Crippen LogP contribution in [0.15, 0.2) is 18.2 Å². The van der Waals surface area contributed by atoms with Crippen molar-refractivity contribution in [2.24, 2.45) is 7.05 Å². The zero-order valence-electron chi connectivity index (χ0n) is 17.2. The van der Waals surface area contributed by atoms with E-state index in [1.54, 1.807) is 43.8 Å². The maximum atomic E-state index is 13.1. The van der Waals surface area contributed by atoms with Crippen molar-refractivity contribution in [3.8, 4) is 11.5 Å². The summed E-state index contributed by atoms with van der Waals surface area (Å²) in [5.74, 6) is 0.104. The number of carbonyl (C=O) groups excluding carboxylic acids is 3. The second-order valence-corrected chi connectivity index (χ2v) is 7.52. The summed E-state index contributed by atoms with van der Waals surface area (Å²) in [7, 11) is 1.77. The van der Waals surface area contributed by atoms with Crippen LogP contribution in [0.25, 0.3) is 0 Å². The van der Waals surface area contributed by atoms with Crippen molar-refractivity contribution in [2.75, 3.05) is 25.1 Å². The maximum absolute atomic E-state index is 13.1. The summed E-state index contributed by atoms with van der Waals surface area (Å²) in [4.78, 5) is 39.1. The Balaban J connectivity index is 1.53. The number of urea groups is 1. The van der Waals surface area contributed by atoms with Gasteiger partial charge in [0.1, 0.15) is 25.3 Å². The summed E-state index contributed by atoms with van der Waals surface area (Å²) in [5, 5.41) is 9.68. The minimum absolute atomic E-state index is 0.404. The van der Waals surface area contributed by atoms with Gasteiger partial charge in [-0.3, -0.25) is 19.2 Å². The SMILES string of the molecule is Cc1nn(C)c(C)c1NC(=O)CN1C(=O)N[C@](C)(c2ccc3c(c2)OCCO3)C1=O. The Bertz CT molecular complexity index is 1060. The predicted octanol–water partition coefficient (Wildman–Crippen LogP) is 1.21. The Morgan fingerprint density at radius 1 is 1.23 bits per heavy atom. The Morgan fingerprint density at radius 2 is 1.93 bits per heavy atom. The van der Waals surface area contributed by atoms with E-state index in [0.717, 1.165) is 10.6 Å². The van der Waals surface area contributed by atoms with Crippen LogP contribution in [-0.4, -0.2) is 52.3 Å². The molecule has 2 aliphatic heterocycles. The highest BCUT2D eigenvalue weighted by Gasteiger charge is 2.49. The summed E-state index contributed by atoms with van der Waals surface area (Å²) >= 11 is 0. The summed E-state index contributed by atoms with van der Waals surface area (Å²) in [6.45, 7) is 5.66. The minimum atomic E-state index is -1.31. The van der Waals surface area contributed by atoms with Gasteiger partial charge in [0.05, 0.1) is 17.1 Å². The molecular weight excluding hydrogens is 390 g/mol. The smallest absolute Gasteiger partial charge is 0.325 e. The number of amides is 4. The molecule has 2 N–H and O–H groups in total. The third-order valence-corrected chi connectivity index (χ3v) is 5.47. The zero-order chi connectivity index (χ0) is 21.6. The topological polar surface area (TPSA) is 115 Å². The lowest BCUT2D eigenvalue weighted by Gasteiger charge is -2.25. The predicted molar refractivity (Wildman–Crippen MR) is 106 cm³/mol. The number of fused-ring (bicyclic) bond motifs is 1.